The van der Waals surface area contributed by atoms with Gasteiger partial charge in [0.25, 0.3) is 5.91 Å². The Hall–Kier alpha value is -1.98. The lowest BCUT2D eigenvalue weighted by Crippen LogP contribution is -2.26. The smallest absolute Gasteiger partial charge is 0.268 e. The van der Waals surface area contributed by atoms with Gasteiger partial charge in [0.05, 0.1) is 21.6 Å². The zero-order chi connectivity index (χ0) is 15.0. The van der Waals surface area contributed by atoms with Gasteiger partial charge in [0, 0.05) is 10.3 Å². The summed E-state index contributed by atoms with van der Waals surface area (Å²) in [5, 5.41) is 3.87. The predicted octanol–water partition coefficient (Wildman–Crippen LogP) is 3.96. The maximum atomic E-state index is 12.3. The summed E-state index contributed by atoms with van der Waals surface area (Å²) in [5.74, 6) is -0.164. The molecule has 0 spiro atoms. The van der Waals surface area contributed by atoms with Crippen molar-refractivity contribution >= 4 is 45.4 Å². The minimum absolute atomic E-state index is 0.0984. The van der Waals surface area contributed by atoms with Gasteiger partial charge < -0.3 is 16.0 Å². The molecule has 1 amide bonds. The van der Waals surface area contributed by atoms with Crippen LogP contribution >= 0.6 is 22.9 Å². The third kappa shape index (κ3) is 2.75. The summed E-state index contributed by atoms with van der Waals surface area (Å²) in [6, 6.07) is 11.0. The number of hydrogen-bond donors (Lipinski definition) is 3. The normalized spacial score (nSPS) is 12.5. The van der Waals surface area contributed by atoms with Gasteiger partial charge in [-0.3, -0.25) is 4.79 Å². The molecule has 0 bridgehead atoms. The Kier molecular flexibility index (Phi) is 3.61. The molecule has 1 atom stereocenters. The van der Waals surface area contributed by atoms with Crippen LogP contribution in [-0.2, 0) is 0 Å². The number of nitrogens with two attached hydrogens (primary N) is 1. The number of fused-ring (bicyclic) bond motifs is 1. The number of hydrogen-bond acceptors (Lipinski definition) is 3. The molecule has 0 fully saturated rings. The number of para-hydroxylation sites is 1. The molecule has 0 aliphatic heterocycles. The fourth-order valence-corrected chi connectivity index (χ4v) is 3.27. The van der Waals surface area contributed by atoms with E-state index < -0.39 is 0 Å². The van der Waals surface area contributed by atoms with Gasteiger partial charge in [0.15, 0.2) is 0 Å². The van der Waals surface area contributed by atoms with Gasteiger partial charge in [-0.25, -0.2) is 0 Å². The van der Waals surface area contributed by atoms with Crippen LogP contribution in [0.2, 0.25) is 4.34 Å². The molecule has 4 N–H and O–H groups in total. The monoisotopic (exact) mass is 319 g/mol. The summed E-state index contributed by atoms with van der Waals surface area (Å²) in [5.41, 5.74) is 7.80. The first-order chi connectivity index (χ1) is 10.0. The van der Waals surface area contributed by atoms with Crippen LogP contribution in [0.4, 0.5) is 5.69 Å². The molecule has 0 saturated heterocycles. The molecular formula is C15H14ClN3OS. The van der Waals surface area contributed by atoms with Gasteiger partial charge in [-0.05, 0) is 31.2 Å². The van der Waals surface area contributed by atoms with Crippen LogP contribution in [0.5, 0.6) is 0 Å². The maximum Gasteiger partial charge on any atom is 0.268 e. The molecule has 108 valence electrons. The molecule has 2 aromatic heterocycles. The highest BCUT2D eigenvalue weighted by Crippen LogP contribution is 2.27. The SMILES string of the molecule is CC(NC(=O)c1cc2cccc(N)c2[nH]1)c1ccc(Cl)s1. The predicted molar refractivity (Wildman–Crippen MR) is 87.9 cm³/mol. The molecule has 0 aliphatic carbocycles. The molecule has 0 aliphatic rings. The third-order valence-electron chi connectivity index (χ3n) is 3.30. The van der Waals surface area contributed by atoms with E-state index in [1.807, 2.05) is 31.2 Å². The highest BCUT2D eigenvalue weighted by Gasteiger charge is 2.15. The highest BCUT2D eigenvalue weighted by molar-refractivity contribution is 7.16. The maximum absolute atomic E-state index is 12.3. The van der Waals surface area contributed by atoms with Gasteiger partial charge in [-0.2, -0.15) is 0 Å². The molecule has 0 radical (unpaired) electrons. The molecule has 1 unspecified atom stereocenters. The van der Waals surface area contributed by atoms with Crippen molar-refractivity contribution < 1.29 is 4.79 Å². The van der Waals surface area contributed by atoms with Crippen molar-refractivity contribution in [1.29, 1.82) is 0 Å². The molecule has 21 heavy (non-hydrogen) atoms. The first kappa shape index (κ1) is 14.0. The average Bonchev–Trinajstić information content (AvgIpc) is 3.05. The Bertz CT molecular complexity index is 808. The number of anilines is 1. The van der Waals surface area contributed by atoms with Crippen LogP contribution in [-0.4, -0.2) is 10.9 Å². The zero-order valence-electron chi connectivity index (χ0n) is 11.3. The Morgan fingerprint density at radius 2 is 2.19 bits per heavy atom. The number of thiophene rings is 1. The number of aromatic nitrogens is 1. The standard InChI is InChI=1S/C15H14ClN3OS/c1-8(12-5-6-13(16)21-12)18-15(20)11-7-9-3-2-4-10(17)14(9)19-11/h2-8,19H,17H2,1H3,(H,18,20). The molecule has 4 nitrogen and oxygen atoms in total. The van der Waals surface area contributed by atoms with Crippen molar-refractivity contribution in [3.05, 3.63) is 51.3 Å². The number of rotatable bonds is 3. The number of nitrogen functional groups attached to an aromatic ring is 1. The Balaban J connectivity index is 1.82. The summed E-state index contributed by atoms with van der Waals surface area (Å²) >= 11 is 7.38. The van der Waals surface area contributed by atoms with Crippen LogP contribution in [0.25, 0.3) is 10.9 Å². The van der Waals surface area contributed by atoms with E-state index in [0.717, 1.165) is 15.8 Å². The lowest BCUT2D eigenvalue weighted by Gasteiger charge is -2.11. The molecule has 3 rings (SSSR count). The number of halogens is 1. The summed E-state index contributed by atoms with van der Waals surface area (Å²) in [4.78, 5) is 16.4. The van der Waals surface area contributed by atoms with E-state index in [0.29, 0.717) is 15.7 Å². The number of H-pyrrole nitrogens is 1. The highest BCUT2D eigenvalue weighted by atomic mass is 35.5. The van der Waals surface area contributed by atoms with E-state index in [1.54, 1.807) is 12.1 Å². The second-order valence-electron chi connectivity index (χ2n) is 4.83. The molecule has 6 heteroatoms. The number of aromatic amines is 1. The topological polar surface area (TPSA) is 70.9 Å². The molecule has 1 aromatic carbocycles. The lowest BCUT2D eigenvalue weighted by atomic mass is 10.2. The van der Waals surface area contributed by atoms with Gasteiger partial charge in [-0.15, -0.1) is 11.3 Å². The molecular weight excluding hydrogens is 306 g/mol. The van der Waals surface area contributed by atoms with Crippen LogP contribution in [0.1, 0.15) is 28.3 Å². The van der Waals surface area contributed by atoms with Crippen LogP contribution in [0, 0.1) is 0 Å². The second-order valence-corrected chi connectivity index (χ2v) is 6.58. The largest absolute Gasteiger partial charge is 0.397 e. The summed E-state index contributed by atoms with van der Waals surface area (Å²) in [6.07, 6.45) is 0. The molecule has 2 heterocycles. The van der Waals surface area contributed by atoms with Crippen molar-refractivity contribution in [3.8, 4) is 0 Å². The number of carbonyl (C=O) groups excluding carboxylic acids is 1. The number of amides is 1. The summed E-state index contributed by atoms with van der Waals surface area (Å²) < 4.78 is 0.712. The fraction of sp³-hybridized carbons (Fsp3) is 0.133. The lowest BCUT2D eigenvalue weighted by molar-refractivity contribution is 0.0936. The van der Waals surface area contributed by atoms with Crippen molar-refractivity contribution in [1.82, 2.24) is 10.3 Å². The number of carbonyl (C=O) groups is 1. The second kappa shape index (κ2) is 5.42. The van der Waals surface area contributed by atoms with Gasteiger partial charge in [0.1, 0.15) is 5.69 Å². The van der Waals surface area contributed by atoms with E-state index in [4.69, 9.17) is 17.3 Å². The first-order valence-electron chi connectivity index (χ1n) is 6.48. The van der Waals surface area contributed by atoms with Gasteiger partial charge in [-0.1, -0.05) is 23.7 Å². The minimum Gasteiger partial charge on any atom is -0.397 e. The quantitative estimate of drug-likeness (QED) is 0.639. The van der Waals surface area contributed by atoms with Gasteiger partial charge in [0.2, 0.25) is 0 Å². The van der Waals surface area contributed by atoms with Crippen molar-refractivity contribution in [2.24, 2.45) is 0 Å². The Morgan fingerprint density at radius 1 is 1.38 bits per heavy atom. The van der Waals surface area contributed by atoms with E-state index in [1.165, 1.54) is 11.3 Å². The van der Waals surface area contributed by atoms with E-state index >= 15 is 0 Å². The molecule has 3 aromatic rings. The van der Waals surface area contributed by atoms with Gasteiger partial charge >= 0.3 is 0 Å². The van der Waals surface area contributed by atoms with E-state index in [2.05, 4.69) is 10.3 Å². The van der Waals surface area contributed by atoms with Crippen LogP contribution in [0.3, 0.4) is 0 Å². The summed E-state index contributed by atoms with van der Waals surface area (Å²) in [6.45, 7) is 1.93. The van der Waals surface area contributed by atoms with E-state index in [-0.39, 0.29) is 11.9 Å². The fourth-order valence-electron chi connectivity index (χ4n) is 2.21. The number of nitrogens with one attached hydrogen (secondary N) is 2. The number of benzene rings is 1. The van der Waals surface area contributed by atoms with E-state index in [9.17, 15) is 4.79 Å². The van der Waals surface area contributed by atoms with Crippen LogP contribution < -0.4 is 11.1 Å². The Morgan fingerprint density at radius 3 is 2.86 bits per heavy atom. The summed E-state index contributed by atoms with van der Waals surface area (Å²) in [7, 11) is 0. The Labute approximate surface area is 130 Å². The average molecular weight is 320 g/mol. The van der Waals surface area contributed by atoms with Crippen molar-refractivity contribution in [2.45, 2.75) is 13.0 Å². The van der Waals surface area contributed by atoms with Crippen molar-refractivity contribution in [2.75, 3.05) is 5.73 Å². The minimum atomic E-state index is -0.164. The first-order valence-corrected chi connectivity index (χ1v) is 7.67. The zero-order valence-corrected chi connectivity index (χ0v) is 12.9. The van der Waals surface area contributed by atoms with Crippen LogP contribution in [0.15, 0.2) is 36.4 Å². The third-order valence-corrected chi connectivity index (χ3v) is 4.72. The van der Waals surface area contributed by atoms with Crippen molar-refractivity contribution in [3.63, 3.8) is 0 Å². The molecule has 0 saturated carbocycles.